The topological polar surface area (TPSA) is 97.9 Å². The summed E-state index contributed by atoms with van der Waals surface area (Å²) >= 11 is 0. The molecule has 6 rings (SSSR count). The molecule has 0 saturated carbocycles. The van der Waals surface area contributed by atoms with Crippen molar-refractivity contribution in [1.29, 1.82) is 0 Å². The molecule has 4 heterocycles. The third kappa shape index (κ3) is 3.93. The van der Waals surface area contributed by atoms with Crippen molar-refractivity contribution in [2.45, 2.75) is 32.6 Å². The first-order chi connectivity index (χ1) is 18.5. The van der Waals surface area contributed by atoms with E-state index in [0.29, 0.717) is 41.9 Å². The zero-order chi connectivity index (χ0) is 26.4. The maximum absolute atomic E-state index is 15.2. The summed E-state index contributed by atoms with van der Waals surface area (Å²) in [4.78, 5) is 41.8. The molecule has 0 spiro atoms. The van der Waals surface area contributed by atoms with Gasteiger partial charge in [0.1, 0.15) is 17.1 Å². The van der Waals surface area contributed by atoms with Crippen LogP contribution in [0.25, 0.3) is 16.7 Å². The van der Waals surface area contributed by atoms with Crippen LogP contribution in [0.4, 0.5) is 15.8 Å². The zero-order valence-corrected chi connectivity index (χ0v) is 20.8. The SMILES string of the molecule is CCOC(=O)c1nn(-c2ccc3occc3c2)c2c1CCN(c1ccc(N3CCCCC3=O)c(F)c1)C2=O. The van der Waals surface area contributed by atoms with Gasteiger partial charge >= 0.3 is 5.97 Å². The minimum atomic E-state index is -0.602. The average molecular weight is 517 g/mol. The number of hydrogen-bond acceptors (Lipinski definition) is 6. The maximum atomic E-state index is 15.2. The van der Waals surface area contributed by atoms with Crippen LogP contribution in [0.15, 0.2) is 53.1 Å². The Kier molecular flexibility index (Phi) is 5.94. The molecule has 10 heteroatoms. The predicted octanol–water partition coefficient (Wildman–Crippen LogP) is 4.65. The predicted molar refractivity (Wildman–Crippen MR) is 137 cm³/mol. The Morgan fingerprint density at radius 3 is 2.66 bits per heavy atom. The van der Waals surface area contributed by atoms with Gasteiger partial charge in [-0.3, -0.25) is 9.59 Å². The van der Waals surface area contributed by atoms with Gasteiger partial charge in [0.2, 0.25) is 5.91 Å². The standard InChI is InChI=1S/C28H25FN4O5/c1-2-37-28(36)25-20-10-13-31(18-6-8-22(21(29)16-18)32-12-4-3-5-24(32)34)27(35)26(20)33(30-25)19-7-9-23-17(15-19)11-14-38-23/h6-9,11,14-16H,2-5,10,12-13H2,1H3. The van der Waals surface area contributed by atoms with E-state index in [2.05, 4.69) is 5.10 Å². The number of rotatable bonds is 5. The molecule has 0 atom stereocenters. The van der Waals surface area contributed by atoms with E-state index in [0.717, 1.165) is 18.2 Å². The van der Waals surface area contributed by atoms with Crippen LogP contribution in [-0.2, 0) is 16.0 Å². The highest BCUT2D eigenvalue weighted by Gasteiger charge is 2.36. The number of nitrogens with zero attached hydrogens (tertiary/aromatic N) is 4. The van der Waals surface area contributed by atoms with Crippen molar-refractivity contribution in [1.82, 2.24) is 9.78 Å². The van der Waals surface area contributed by atoms with Crippen LogP contribution >= 0.6 is 0 Å². The molecule has 2 aliphatic rings. The molecule has 38 heavy (non-hydrogen) atoms. The summed E-state index contributed by atoms with van der Waals surface area (Å²) in [6, 6.07) is 11.6. The van der Waals surface area contributed by atoms with Crippen LogP contribution in [0, 0.1) is 5.82 Å². The monoisotopic (exact) mass is 516 g/mol. The molecule has 1 saturated heterocycles. The van der Waals surface area contributed by atoms with E-state index in [4.69, 9.17) is 9.15 Å². The quantitative estimate of drug-likeness (QED) is 0.358. The molecule has 0 N–H and O–H groups in total. The molecule has 2 amide bonds. The number of furan rings is 1. The number of aromatic nitrogens is 2. The van der Waals surface area contributed by atoms with Gasteiger partial charge in [0.15, 0.2) is 5.69 Å². The van der Waals surface area contributed by atoms with E-state index >= 15 is 4.39 Å². The molecule has 0 bridgehead atoms. The molecule has 1 fully saturated rings. The number of amides is 2. The van der Waals surface area contributed by atoms with Crippen LogP contribution in [0.3, 0.4) is 0 Å². The van der Waals surface area contributed by atoms with Gasteiger partial charge in [0.05, 0.1) is 24.2 Å². The third-order valence-electron chi connectivity index (χ3n) is 7.02. The molecule has 194 valence electrons. The maximum Gasteiger partial charge on any atom is 0.359 e. The molecule has 0 aliphatic carbocycles. The van der Waals surface area contributed by atoms with Crippen molar-refractivity contribution in [3.05, 3.63) is 71.5 Å². The Morgan fingerprint density at radius 2 is 1.87 bits per heavy atom. The number of esters is 1. The van der Waals surface area contributed by atoms with E-state index in [1.54, 1.807) is 43.5 Å². The lowest BCUT2D eigenvalue weighted by molar-refractivity contribution is -0.119. The van der Waals surface area contributed by atoms with Crippen molar-refractivity contribution < 1.29 is 27.9 Å². The number of carbonyl (C=O) groups excluding carboxylic acids is 3. The number of anilines is 2. The summed E-state index contributed by atoms with van der Waals surface area (Å²) in [5.41, 5.74) is 2.63. The second-order valence-electron chi connectivity index (χ2n) is 9.30. The Balaban J connectivity index is 1.40. The summed E-state index contributed by atoms with van der Waals surface area (Å²) in [7, 11) is 0. The van der Waals surface area contributed by atoms with E-state index in [1.807, 2.05) is 6.07 Å². The largest absolute Gasteiger partial charge is 0.464 e. The number of hydrogen-bond donors (Lipinski definition) is 0. The van der Waals surface area contributed by atoms with Gasteiger partial charge in [-0.25, -0.2) is 13.9 Å². The van der Waals surface area contributed by atoms with Crippen LogP contribution in [0.5, 0.6) is 0 Å². The highest BCUT2D eigenvalue weighted by Crippen LogP contribution is 2.33. The van der Waals surface area contributed by atoms with Crippen molar-refractivity contribution in [3.63, 3.8) is 0 Å². The normalized spacial score (nSPS) is 15.7. The molecule has 2 aromatic carbocycles. The first kappa shape index (κ1) is 23.9. The van der Waals surface area contributed by atoms with Crippen molar-refractivity contribution in [3.8, 4) is 5.69 Å². The Hall–Kier alpha value is -4.47. The van der Waals surface area contributed by atoms with Gasteiger partial charge in [0.25, 0.3) is 5.91 Å². The second-order valence-corrected chi connectivity index (χ2v) is 9.30. The van der Waals surface area contributed by atoms with Crippen molar-refractivity contribution in [2.24, 2.45) is 0 Å². The summed E-state index contributed by atoms with van der Waals surface area (Å²) in [5.74, 6) is -1.69. The summed E-state index contributed by atoms with van der Waals surface area (Å²) in [5, 5.41) is 5.31. The highest BCUT2D eigenvalue weighted by atomic mass is 19.1. The van der Waals surface area contributed by atoms with Crippen molar-refractivity contribution >= 4 is 40.1 Å². The second kappa shape index (κ2) is 9.44. The number of benzene rings is 2. The Morgan fingerprint density at radius 1 is 1.03 bits per heavy atom. The first-order valence-electron chi connectivity index (χ1n) is 12.6. The fraction of sp³-hybridized carbons (Fsp3) is 0.286. The first-order valence-corrected chi connectivity index (χ1v) is 12.6. The molecule has 0 unspecified atom stereocenters. The van der Waals surface area contributed by atoms with Crippen LogP contribution in [0.2, 0.25) is 0 Å². The molecule has 9 nitrogen and oxygen atoms in total. The van der Waals surface area contributed by atoms with Crippen LogP contribution < -0.4 is 9.80 Å². The molecular formula is C28H25FN4O5. The van der Waals surface area contributed by atoms with Gasteiger partial charge in [-0.2, -0.15) is 5.10 Å². The Bertz CT molecular complexity index is 1590. The molecule has 2 aromatic heterocycles. The summed E-state index contributed by atoms with van der Waals surface area (Å²) in [6.07, 6.45) is 3.91. The fourth-order valence-corrected chi connectivity index (χ4v) is 5.19. The number of ether oxygens (including phenoxy) is 1. The molecule has 2 aliphatic heterocycles. The minimum absolute atomic E-state index is 0.0901. The van der Waals surface area contributed by atoms with Crippen molar-refractivity contribution in [2.75, 3.05) is 29.5 Å². The summed E-state index contributed by atoms with van der Waals surface area (Å²) < 4.78 is 27.3. The highest BCUT2D eigenvalue weighted by molar-refractivity contribution is 6.09. The van der Waals surface area contributed by atoms with Gasteiger partial charge in [-0.05, 0) is 68.7 Å². The Labute approximate surface area is 217 Å². The van der Waals surface area contributed by atoms with Crippen LogP contribution in [0.1, 0.15) is 52.7 Å². The van der Waals surface area contributed by atoms with Gasteiger partial charge in [0, 0.05) is 36.1 Å². The average Bonchev–Trinajstić information content (AvgIpc) is 3.54. The van der Waals surface area contributed by atoms with Crippen LogP contribution in [-0.4, -0.2) is 47.3 Å². The fourth-order valence-electron chi connectivity index (χ4n) is 5.19. The number of piperidine rings is 1. The van der Waals surface area contributed by atoms with E-state index < -0.39 is 17.7 Å². The molecule has 0 radical (unpaired) electrons. The third-order valence-corrected chi connectivity index (χ3v) is 7.02. The van der Waals surface area contributed by atoms with E-state index in [-0.39, 0.29) is 36.1 Å². The smallest absolute Gasteiger partial charge is 0.359 e. The van der Waals surface area contributed by atoms with Gasteiger partial charge in [-0.1, -0.05) is 0 Å². The van der Waals surface area contributed by atoms with E-state index in [1.165, 1.54) is 20.5 Å². The lowest BCUT2D eigenvalue weighted by Gasteiger charge is -2.30. The number of carbonyl (C=O) groups is 3. The van der Waals surface area contributed by atoms with Gasteiger partial charge < -0.3 is 19.0 Å². The molecular weight excluding hydrogens is 491 g/mol. The lowest BCUT2D eigenvalue weighted by Crippen LogP contribution is -2.39. The van der Waals surface area contributed by atoms with E-state index in [9.17, 15) is 14.4 Å². The lowest BCUT2D eigenvalue weighted by atomic mass is 10.0. The van der Waals surface area contributed by atoms with Gasteiger partial charge in [-0.15, -0.1) is 0 Å². The molecule has 4 aromatic rings. The number of halogens is 1. The summed E-state index contributed by atoms with van der Waals surface area (Å²) in [6.45, 7) is 2.58. The zero-order valence-electron chi connectivity index (χ0n) is 20.8. The number of fused-ring (bicyclic) bond motifs is 2. The minimum Gasteiger partial charge on any atom is -0.464 e.